The highest BCUT2D eigenvalue weighted by atomic mass is 32.1. The molecule has 5 nitrogen and oxygen atoms in total. The molecule has 0 radical (unpaired) electrons. The fourth-order valence-electron chi connectivity index (χ4n) is 2.02. The third kappa shape index (κ3) is 2.42. The third-order valence-electron chi connectivity index (χ3n) is 2.83. The number of amides is 1. The first-order chi connectivity index (χ1) is 9.60. The average Bonchev–Trinajstić information content (AvgIpc) is 2.82. The number of hydrogen-bond donors (Lipinski definition) is 1. The number of carbonyl (C=O) groups excluding carboxylic acids is 3. The highest BCUT2D eigenvalue weighted by Gasteiger charge is 2.24. The van der Waals surface area contributed by atoms with Crippen molar-refractivity contribution in [1.29, 1.82) is 0 Å². The van der Waals surface area contributed by atoms with Crippen LogP contribution in [-0.2, 0) is 16.0 Å². The van der Waals surface area contributed by atoms with E-state index in [-0.39, 0.29) is 6.61 Å². The number of rotatable bonds is 6. The normalized spacial score (nSPS) is 10.4. The Morgan fingerprint density at radius 1 is 1.40 bits per heavy atom. The van der Waals surface area contributed by atoms with Crippen molar-refractivity contribution in [2.75, 3.05) is 6.61 Å². The molecule has 2 rings (SSSR count). The lowest BCUT2D eigenvalue weighted by atomic mass is 10.0. The average molecular weight is 291 g/mol. The summed E-state index contributed by atoms with van der Waals surface area (Å²) in [5, 5.41) is 0.556. The van der Waals surface area contributed by atoms with Crippen molar-refractivity contribution < 1.29 is 19.1 Å². The molecule has 0 saturated carbocycles. The standard InChI is InChI=1S/C14H13NO4S/c1-2-9-12(13(17)14(15)18)11-8(19-7-6-16)4-3-5-10(11)20-9/h3-6H,2,7H2,1H3,(H2,15,18). The van der Waals surface area contributed by atoms with Crippen molar-refractivity contribution in [3.63, 3.8) is 0 Å². The predicted molar refractivity (Wildman–Crippen MR) is 76.3 cm³/mol. The minimum atomic E-state index is -0.996. The lowest BCUT2D eigenvalue weighted by Gasteiger charge is -2.06. The van der Waals surface area contributed by atoms with E-state index in [1.807, 2.05) is 13.0 Å². The van der Waals surface area contributed by atoms with Crippen LogP contribution in [0, 0.1) is 0 Å². The maximum absolute atomic E-state index is 12.0. The molecule has 1 aromatic carbocycles. The van der Waals surface area contributed by atoms with Crippen molar-refractivity contribution in [1.82, 2.24) is 0 Å². The Kier molecular flexibility index (Phi) is 4.14. The van der Waals surface area contributed by atoms with Gasteiger partial charge in [0.15, 0.2) is 6.29 Å². The zero-order valence-corrected chi connectivity index (χ0v) is 11.7. The van der Waals surface area contributed by atoms with Crippen molar-refractivity contribution in [2.24, 2.45) is 5.73 Å². The van der Waals surface area contributed by atoms with Crippen LogP contribution in [0.3, 0.4) is 0 Å². The van der Waals surface area contributed by atoms with Gasteiger partial charge < -0.3 is 10.5 Å². The number of ketones is 1. The molecule has 0 aliphatic carbocycles. The molecule has 6 heteroatoms. The number of nitrogens with two attached hydrogens (primary N) is 1. The van der Waals surface area contributed by atoms with Gasteiger partial charge in [-0.1, -0.05) is 13.0 Å². The first-order valence-corrected chi connectivity index (χ1v) is 6.86. The number of benzene rings is 1. The molecule has 1 aromatic heterocycles. The zero-order chi connectivity index (χ0) is 14.7. The van der Waals surface area contributed by atoms with Gasteiger partial charge in [-0.25, -0.2) is 0 Å². The molecule has 0 bridgehead atoms. The number of fused-ring (bicyclic) bond motifs is 1. The number of ether oxygens (including phenoxy) is 1. The van der Waals surface area contributed by atoms with E-state index in [0.29, 0.717) is 29.4 Å². The third-order valence-corrected chi connectivity index (χ3v) is 4.13. The van der Waals surface area contributed by atoms with E-state index in [1.165, 1.54) is 11.3 Å². The molecule has 1 heterocycles. The van der Waals surface area contributed by atoms with Crippen molar-refractivity contribution in [3.8, 4) is 5.75 Å². The second kappa shape index (κ2) is 5.83. The maximum Gasteiger partial charge on any atom is 0.289 e. The summed E-state index contributed by atoms with van der Waals surface area (Å²) in [6.45, 7) is 1.79. The molecule has 0 aliphatic heterocycles. The number of aryl methyl sites for hydroxylation is 1. The van der Waals surface area contributed by atoms with Crippen LogP contribution in [0.2, 0.25) is 0 Å². The minimum absolute atomic E-state index is 0.110. The van der Waals surface area contributed by atoms with Gasteiger partial charge in [0.05, 0.1) is 5.56 Å². The summed E-state index contributed by atoms with van der Waals surface area (Å²) in [6.07, 6.45) is 1.24. The molecule has 20 heavy (non-hydrogen) atoms. The first kappa shape index (κ1) is 14.2. The summed E-state index contributed by atoms with van der Waals surface area (Å²) >= 11 is 1.42. The molecule has 2 aromatic rings. The maximum atomic E-state index is 12.0. The van der Waals surface area contributed by atoms with Crippen LogP contribution in [0.1, 0.15) is 22.2 Å². The topological polar surface area (TPSA) is 86.5 Å². The number of thiophene rings is 1. The molecular formula is C14H13NO4S. The van der Waals surface area contributed by atoms with Crippen LogP contribution in [0.4, 0.5) is 0 Å². The summed E-state index contributed by atoms with van der Waals surface area (Å²) in [6, 6.07) is 5.28. The van der Waals surface area contributed by atoms with Gasteiger partial charge in [-0.3, -0.25) is 14.4 Å². The van der Waals surface area contributed by atoms with Crippen molar-refractivity contribution in [3.05, 3.63) is 28.6 Å². The van der Waals surface area contributed by atoms with Crippen molar-refractivity contribution >= 4 is 39.4 Å². The quantitative estimate of drug-likeness (QED) is 0.498. The predicted octanol–water partition coefficient (Wildman–Crippen LogP) is 1.71. The van der Waals surface area contributed by atoms with Crippen LogP contribution in [0.15, 0.2) is 18.2 Å². The molecule has 0 saturated heterocycles. The van der Waals surface area contributed by atoms with Crippen molar-refractivity contribution in [2.45, 2.75) is 13.3 Å². The SMILES string of the molecule is CCc1sc2cccc(OCC=O)c2c1C(=O)C(N)=O. The van der Waals surface area contributed by atoms with Gasteiger partial charge in [0.1, 0.15) is 12.4 Å². The highest BCUT2D eigenvalue weighted by Crippen LogP contribution is 2.38. The van der Waals surface area contributed by atoms with E-state index in [9.17, 15) is 14.4 Å². The lowest BCUT2D eigenvalue weighted by molar-refractivity contribution is -0.114. The van der Waals surface area contributed by atoms with E-state index < -0.39 is 11.7 Å². The van der Waals surface area contributed by atoms with Crippen LogP contribution in [0.25, 0.3) is 10.1 Å². The van der Waals surface area contributed by atoms with E-state index in [4.69, 9.17) is 10.5 Å². The molecule has 104 valence electrons. The Hall–Kier alpha value is -2.21. The number of primary amides is 1. The number of Topliss-reactive ketones (excluding diaryl/α,β-unsaturated/α-hetero) is 1. The smallest absolute Gasteiger partial charge is 0.289 e. The molecule has 0 fully saturated rings. The minimum Gasteiger partial charge on any atom is -0.485 e. The molecule has 0 atom stereocenters. The van der Waals surface area contributed by atoms with Crippen LogP contribution >= 0.6 is 11.3 Å². The summed E-state index contributed by atoms with van der Waals surface area (Å²) in [7, 11) is 0. The van der Waals surface area contributed by atoms with Gasteiger partial charge in [-0.15, -0.1) is 11.3 Å². The van der Waals surface area contributed by atoms with Crippen LogP contribution in [0.5, 0.6) is 5.75 Å². The molecule has 0 aliphatic rings. The van der Waals surface area contributed by atoms with Gasteiger partial charge in [0.2, 0.25) is 0 Å². The van der Waals surface area contributed by atoms with Crippen LogP contribution < -0.4 is 10.5 Å². The second-order valence-corrected chi connectivity index (χ2v) is 5.19. The van der Waals surface area contributed by atoms with Gasteiger partial charge in [0, 0.05) is 15.0 Å². The second-order valence-electron chi connectivity index (χ2n) is 4.05. The number of aldehydes is 1. The molecule has 1 amide bonds. The lowest BCUT2D eigenvalue weighted by Crippen LogP contribution is -2.23. The van der Waals surface area contributed by atoms with E-state index in [2.05, 4.69) is 0 Å². The molecule has 0 spiro atoms. The highest BCUT2D eigenvalue weighted by molar-refractivity contribution is 7.19. The van der Waals surface area contributed by atoms with E-state index >= 15 is 0 Å². The summed E-state index contributed by atoms with van der Waals surface area (Å²) < 4.78 is 6.16. The Bertz CT molecular complexity index is 690. The monoisotopic (exact) mass is 291 g/mol. The fourth-order valence-corrected chi connectivity index (χ4v) is 3.18. The Morgan fingerprint density at radius 3 is 2.75 bits per heavy atom. The number of carbonyl (C=O) groups is 3. The molecular weight excluding hydrogens is 278 g/mol. The fraction of sp³-hybridized carbons (Fsp3) is 0.214. The van der Waals surface area contributed by atoms with E-state index in [0.717, 1.165) is 9.58 Å². The van der Waals surface area contributed by atoms with Crippen LogP contribution in [-0.4, -0.2) is 24.6 Å². The number of hydrogen-bond acceptors (Lipinski definition) is 5. The van der Waals surface area contributed by atoms with Gasteiger partial charge in [0.25, 0.3) is 11.7 Å². The van der Waals surface area contributed by atoms with Gasteiger partial charge in [-0.05, 0) is 18.6 Å². The Labute approximate surface area is 119 Å². The summed E-state index contributed by atoms with van der Waals surface area (Å²) in [5.74, 6) is -1.31. The molecule has 2 N–H and O–H groups in total. The van der Waals surface area contributed by atoms with Gasteiger partial charge in [-0.2, -0.15) is 0 Å². The van der Waals surface area contributed by atoms with Gasteiger partial charge >= 0.3 is 0 Å². The summed E-state index contributed by atoms with van der Waals surface area (Å²) in [4.78, 5) is 34.5. The Morgan fingerprint density at radius 2 is 2.15 bits per heavy atom. The first-order valence-electron chi connectivity index (χ1n) is 6.05. The zero-order valence-electron chi connectivity index (χ0n) is 10.8. The van der Waals surface area contributed by atoms with E-state index in [1.54, 1.807) is 12.1 Å². The largest absolute Gasteiger partial charge is 0.485 e. The Balaban J connectivity index is 2.71. The molecule has 0 unspecified atom stereocenters. The summed E-state index contributed by atoms with van der Waals surface area (Å²) in [5.41, 5.74) is 5.40.